The lowest BCUT2D eigenvalue weighted by Crippen LogP contribution is -2.45. The van der Waals surface area contributed by atoms with E-state index in [2.05, 4.69) is 15.6 Å². The molecule has 4 rings (SSSR count). The van der Waals surface area contributed by atoms with Crippen molar-refractivity contribution in [1.82, 2.24) is 20.3 Å². The van der Waals surface area contributed by atoms with Crippen LogP contribution in [0, 0.1) is 17.8 Å². The molecule has 2 aromatic rings. The van der Waals surface area contributed by atoms with Crippen LogP contribution in [0.2, 0.25) is 0 Å². The molecule has 2 saturated carbocycles. The fourth-order valence-corrected chi connectivity index (χ4v) is 4.27. The van der Waals surface area contributed by atoms with Gasteiger partial charge < -0.3 is 10.4 Å². The molecule has 0 spiro atoms. The highest BCUT2D eigenvalue weighted by Gasteiger charge is 2.47. The van der Waals surface area contributed by atoms with E-state index in [0.29, 0.717) is 17.4 Å². The molecule has 6 heteroatoms. The number of aliphatic hydroxyl groups excluding tert-OH is 1. The van der Waals surface area contributed by atoms with Crippen molar-refractivity contribution in [3.63, 3.8) is 0 Å². The highest BCUT2D eigenvalue weighted by atomic mass is 16.3. The zero-order chi connectivity index (χ0) is 15.8. The van der Waals surface area contributed by atoms with Gasteiger partial charge in [-0.25, -0.2) is 4.68 Å². The number of benzene rings is 1. The van der Waals surface area contributed by atoms with Gasteiger partial charge in [0.1, 0.15) is 0 Å². The Balaban J connectivity index is 1.52. The molecule has 1 aromatic heterocycles. The van der Waals surface area contributed by atoms with Gasteiger partial charge in [-0.15, -0.1) is 5.10 Å². The lowest BCUT2D eigenvalue weighted by Gasteiger charge is -2.30. The van der Waals surface area contributed by atoms with E-state index in [1.165, 1.54) is 6.42 Å². The molecule has 1 aromatic carbocycles. The molecule has 2 N–H and O–H groups in total. The first-order valence-electron chi connectivity index (χ1n) is 8.14. The summed E-state index contributed by atoms with van der Waals surface area (Å²) >= 11 is 0. The summed E-state index contributed by atoms with van der Waals surface area (Å²) in [5.41, 5.74) is 1.42. The van der Waals surface area contributed by atoms with Gasteiger partial charge in [-0.1, -0.05) is 11.3 Å². The van der Waals surface area contributed by atoms with Crippen molar-refractivity contribution in [3.8, 4) is 5.69 Å². The van der Waals surface area contributed by atoms with Crippen LogP contribution in [0.3, 0.4) is 0 Å². The Hall–Kier alpha value is -2.21. The summed E-state index contributed by atoms with van der Waals surface area (Å²) in [6.45, 7) is 0.158. The fraction of sp³-hybridized carbons (Fsp3) is 0.471. The fourth-order valence-electron chi connectivity index (χ4n) is 4.27. The van der Waals surface area contributed by atoms with Gasteiger partial charge >= 0.3 is 0 Å². The Labute approximate surface area is 134 Å². The van der Waals surface area contributed by atoms with Crippen LogP contribution < -0.4 is 5.32 Å². The SMILES string of the molecule is O=C(NC1C2CCC(C2)C1CO)c1cccc(-n2ccnn2)c1. The third-order valence-corrected chi connectivity index (χ3v) is 5.39. The van der Waals surface area contributed by atoms with E-state index in [4.69, 9.17) is 0 Å². The Kier molecular flexibility index (Phi) is 3.61. The number of carbonyl (C=O) groups is 1. The molecule has 4 atom stereocenters. The predicted octanol–water partition coefficient (Wildman–Crippen LogP) is 1.40. The number of hydrogen-bond donors (Lipinski definition) is 2. The maximum atomic E-state index is 12.6. The minimum absolute atomic E-state index is 0.0806. The molecule has 23 heavy (non-hydrogen) atoms. The number of rotatable bonds is 4. The molecule has 2 bridgehead atoms. The average Bonchev–Trinajstić information content (AvgIpc) is 3.32. The number of aliphatic hydroxyl groups is 1. The third kappa shape index (κ3) is 2.53. The van der Waals surface area contributed by atoms with Crippen molar-refractivity contribution in [2.45, 2.75) is 25.3 Å². The van der Waals surface area contributed by atoms with Gasteiger partial charge in [-0.2, -0.15) is 0 Å². The number of amides is 1. The second-order valence-corrected chi connectivity index (χ2v) is 6.58. The summed E-state index contributed by atoms with van der Waals surface area (Å²) < 4.78 is 1.63. The molecular weight excluding hydrogens is 292 g/mol. The number of nitrogens with one attached hydrogen (secondary N) is 1. The molecule has 1 amide bonds. The largest absolute Gasteiger partial charge is 0.396 e. The molecule has 0 radical (unpaired) electrons. The minimum Gasteiger partial charge on any atom is -0.396 e. The predicted molar refractivity (Wildman–Crippen MR) is 84.0 cm³/mol. The summed E-state index contributed by atoms with van der Waals surface area (Å²) in [4.78, 5) is 12.6. The smallest absolute Gasteiger partial charge is 0.251 e. The first-order chi connectivity index (χ1) is 11.3. The highest BCUT2D eigenvalue weighted by molar-refractivity contribution is 5.95. The lowest BCUT2D eigenvalue weighted by atomic mass is 9.85. The van der Waals surface area contributed by atoms with E-state index in [0.717, 1.165) is 18.5 Å². The van der Waals surface area contributed by atoms with Gasteiger partial charge in [0.15, 0.2) is 0 Å². The monoisotopic (exact) mass is 312 g/mol. The molecule has 0 aliphatic heterocycles. The molecule has 6 nitrogen and oxygen atoms in total. The van der Waals surface area contributed by atoms with E-state index in [1.54, 1.807) is 23.1 Å². The van der Waals surface area contributed by atoms with E-state index in [-0.39, 0.29) is 24.5 Å². The normalized spacial score (nSPS) is 28.9. The maximum Gasteiger partial charge on any atom is 0.251 e. The molecule has 120 valence electrons. The van der Waals surface area contributed by atoms with Crippen molar-refractivity contribution in [1.29, 1.82) is 0 Å². The standard InChI is InChI=1S/C17H20N4O2/c22-10-15-11-4-5-12(8-11)16(15)19-17(23)13-2-1-3-14(9-13)21-7-6-18-20-21/h1-3,6-7,9,11-12,15-16,22H,4-5,8,10H2,(H,19,23). The van der Waals surface area contributed by atoms with Gasteiger partial charge in [-0.05, 0) is 49.3 Å². The molecule has 1 heterocycles. The van der Waals surface area contributed by atoms with Gasteiger partial charge in [0.2, 0.25) is 0 Å². The number of carbonyl (C=O) groups excluding carboxylic acids is 1. The molecule has 4 unspecified atom stereocenters. The van der Waals surface area contributed by atoms with Crippen molar-refractivity contribution in [2.75, 3.05) is 6.61 Å². The van der Waals surface area contributed by atoms with Crippen molar-refractivity contribution < 1.29 is 9.90 Å². The zero-order valence-electron chi connectivity index (χ0n) is 12.8. The highest BCUT2D eigenvalue weighted by Crippen LogP contribution is 2.48. The van der Waals surface area contributed by atoms with E-state index < -0.39 is 0 Å². The van der Waals surface area contributed by atoms with Crippen molar-refractivity contribution >= 4 is 5.91 Å². The van der Waals surface area contributed by atoms with Crippen LogP contribution in [0.15, 0.2) is 36.7 Å². The van der Waals surface area contributed by atoms with Crippen LogP contribution in [0.4, 0.5) is 0 Å². The van der Waals surface area contributed by atoms with Crippen LogP contribution in [-0.2, 0) is 0 Å². The van der Waals surface area contributed by atoms with E-state index in [1.807, 2.05) is 18.2 Å². The summed E-state index contributed by atoms with van der Waals surface area (Å²) in [6, 6.07) is 7.44. The molecular formula is C17H20N4O2. The van der Waals surface area contributed by atoms with Gasteiger partial charge in [0, 0.05) is 24.1 Å². The zero-order valence-corrected chi connectivity index (χ0v) is 12.8. The number of hydrogen-bond acceptors (Lipinski definition) is 4. The number of aromatic nitrogens is 3. The average molecular weight is 312 g/mol. The first kappa shape index (κ1) is 14.4. The Bertz CT molecular complexity index is 700. The first-order valence-corrected chi connectivity index (χ1v) is 8.14. The van der Waals surface area contributed by atoms with Crippen molar-refractivity contribution in [3.05, 3.63) is 42.2 Å². The summed E-state index contributed by atoms with van der Waals surface area (Å²) in [5.74, 6) is 1.20. The third-order valence-electron chi connectivity index (χ3n) is 5.39. The van der Waals surface area contributed by atoms with Gasteiger partial charge in [-0.3, -0.25) is 4.79 Å². The Morgan fingerprint density at radius 3 is 3.00 bits per heavy atom. The van der Waals surface area contributed by atoms with Gasteiger partial charge in [0.25, 0.3) is 5.91 Å². The van der Waals surface area contributed by atoms with Gasteiger partial charge in [0.05, 0.1) is 18.1 Å². The topological polar surface area (TPSA) is 80.0 Å². The van der Waals surface area contributed by atoms with Crippen LogP contribution in [0.1, 0.15) is 29.6 Å². The Morgan fingerprint density at radius 2 is 2.22 bits per heavy atom. The summed E-state index contributed by atoms with van der Waals surface area (Å²) in [7, 11) is 0. The number of fused-ring (bicyclic) bond motifs is 2. The van der Waals surface area contributed by atoms with Crippen LogP contribution >= 0.6 is 0 Å². The second-order valence-electron chi connectivity index (χ2n) is 6.58. The second kappa shape index (κ2) is 5.77. The molecule has 0 saturated heterocycles. The van der Waals surface area contributed by atoms with E-state index >= 15 is 0 Å². The van der Waals surface area contributed by atoms with Crippen LogP contribution in [0.5, 0.6) is 0 Å². The minimum atomic E-state index is -0.0806. The summed E-state index contributed by atoms with van der Waals surface area (Å²) in [5, 5.41) is 20.5. The summed E-state index contributed by atoms with van der Waals surface area (Å²) in [6.07, 6.45) is 6.83. The van der Waals surface area contributed by atoms with E-state index in [9.17, 15) is 9.90 Å². The number of nitrogens with zero attached hydrogens (tertiary/aromatic N) is 3. The molecule has 2 aliphatic carbocycles. The molecule has 2 aliphatic rings. The lowest BCUT2D eigenvalue weighted by molar-refractivity contribution is 0.0861. The Morgan fingerprint density at radius 1 is 1.35 bits per heavy atom. The quantitative estimate of drug-likeness (QED) is 0.894. The van der Waals surface area contributed by atoms with Crippen LogP contribution in [0.25, 0.3) is 5.69 Å². The maximum absolute atomic E-state index is 12.6. The van der Waals surface area contributed by atoms with Crippen LogP contribution in [-0.4, -0.2) is 38.7 Å². The molecule has 2 fully saturated rings. The van der Waals surface area contributed by atoms with Crippen molar-refractivity contribution in [2.24, 2.45) is 17.8 Å².